The highest BCUT2D eigenvalue weighted by atomic mass is 32.1. The molecule has 0 aromatic carbocycles. The van der Waals surface area contributed by atoms with Gasteiger partial charge < -0.3 is 0 Å². The van der Waals surface area contributed by atoms with Gasteiger partial charge in [-0.25, -0.2) is 4.98 Å². The molecule has 0 saturated carbocycles. The number of nitrogens with zero attached hydrogens (tertiary/aromatic N) is 1. The van der Waals surface area contributed by atoms with Crippen LogP contribution in [0.2, 0.25) is 0 Å². The highest BCUT2D eigenvalue weighted by Gasteiger charge is 1.89. The molecule has 0 radical (unpaired) electrons. The number of rotatable bonds is 2. The summed E-state index contributed by atoms with van der Waals surface area (Å²) in [6.45, 7) is 1.76. The molecule has 52 valence electrons. The monoisotopic (exact) mass is 153 g/mol. The molecule has 0 amide bonds. The maximum Gasteiger partial charge on any atom is 0.145 e. The normalized spacial score (nSPS) is 11.5. The number of hydrogen-bond donors (Lipinski definition) is 0. The van der Waals surface area contributed by atoms with Gasteiger partial charge in [-0.15, -0.1) is 11.3 Å². The second-order valence-electron chi connectivity index (χ2n) is 1.92. The van der Waals surface area contributed by atoms with Gasteiger partial charge in [-0.2, -0.15) is 0 Å². The molecule has 1 rings (SSSR count). The van der Waals surface area contributed by atoms with Crippen molar-refractivity contribution in [2.24, 2.45) is 0 Å². The Labute approximate surface area is 63.2 Å². The van der Waals surface area contributed by atoms with Gasteiger partial charge in [0.2, 0.25) is 0 Å². The van der Waals surface area contributed by atoms with Gasteiger partial charge in [0.25, 0.3) is 0 Å². The Morgan fingerprint density at radius 2 is 2.60 bits per heavy atom. The Morgan fingerprint density at radius 3 is 3.10 bits per heavy atom. The number of aromatic nitrogens is 1. The molecule has 0 unspecified atom stereocenters. The van der Waals surface area contributed by atoms with Crippen molar-refractivity contribution in [3.05, 3.63) is 22.2 Å². The summed E-state index contributed by atoms with van der Waals surface area (Å²) in [6.07, 6.45) is 2.57. The third-order valence-corrected chi connectivity index (χ3v) is 1.62. The zero-order valence-corrected chi connectivity index (χ0v) is 6.39. The van der Waals surface area contributed by atoms with Crippen molar-refractivity contribution in [3.8, 4) is 0 Å². The van der Waals surface area contributed by atoms with E-state index in [-0.39, 0.29) is 0 Å². The average Bonchev–Trinajstić information content (AvgIpc) is 2.40. The van der Waals surface area contributed by atoms with E-state index in [9.17, 15) is 4.79 Å². The van der Waals surface area contributed by atoms with E-state index in [1.54, 1.807) is 18.5 Å². The van der Waals surface area contributed by atoms with Gasteiger partial charge >= 0.3 is 0 Å². The molecule has 0 aliphatic heterocycles. The predicted octanol–water partition coefficient (Wildman–Crippen LogP) is 1.75. The lowest BCUT2D eigenvalue weighted by molar-refractivity contribution is -0.104. The summed E-state index contributed by atoms with van der Waals surface area (Å²) in [5.74, 6) is 0. The van der Waals surface area contributed by atoms with Gasteiger partial charge in [0.1, 0.15) is 6.29 Å². The van der Waals surface area contributed by atoms with Crippen LogP contribution in [0.1, 0.15) is 12.6 Å². The molecule has 0 saturated heterocycles. The minimum atomic E-state index is 0.700. The standard InChI is InChI=1S/C7H7NOS/c1-6(3-9)2-7-4-10-5-8-7/h2-5H,1H3/b6-2+. The van der Waals surface area contributed by atoms with Gasteiger partial charge in [-0.3, -0.25) is 4.79 Å². The van der Waals surface area contributed by atoms with Crippen molar-refractivity contribution in [1.29, 1.82) is 0 Å². The summed E-state index contributed by atoms with van der Waals surface area (Å²) < 4.78 is 0. The highest BCUT2D eigenvalue weighted by molar-refractivity contribution is 7.07. The zero-order chi connectivity index (χ0) is 7.40. The van der Waals surface area contributed by atoms with E-state index in [4.69, 9.17) is 0 Å². The molecule has 1 aromatic heterocycles. The van der Waals surface area contributed by atoms with Crippen LogP contribution >= 0.6 is 11.3 Å². The van der Waals surface area contributed by atoms with Crippen LogP contribution < -0.4 is 0 Å². The first-order chi connectivity index (χ1) is 4.83. The first-order valence-electron chi connectivity index (χ1n) is 2.84. The molecule has 0 fully saturated rings. The second-order valence-corrected chi connectivity index (χ2v) is 2.64. The van der Waals surface area contributed by atoms with Gasteiger partial charge in [0.15, 0.2) is 0 Å². The smallest absolute Gasteiger partial charge is 0.145 e. The fourth-order valence-corrected chi connectivity index (χ4v) is 1.07. The van der Waals surface area contributed by atoms with Crippen LogP contribution in [0, 0.1) is 0 Å². The summed E-state index contributed by atoms with van der Waals surface area (Å²) in [5, 5.41) is 1.90. The topological polar surface area (TPSA) is 30.0 Å². The van der Waals surface area contributed by atoms with E-state index in [1.165, 1.54) is 11.3 Å². The Balaban J connectivity index is 2.80. The quantitative estimate of drug-likeness (QED) is 0.478. The molecule has 0 aliphatic carbocycles. The third-order valence-electron chi connectivity index (χ3n) is 1.01. The first-order valence-corrected chi connectivity index (χ1v) is 3.79. The molecule has 0 aliphatic rings. The number of thiazole rings is 1. The van der Waals surface area contributed by atoms with Crippen LogP contribution in [0.5, 0.6) is 0 Å². The second kappa shape index (κ2) is 3.27. The molecule has 0 bridgehead atoms. The summed E-state index contributed by atoms with van der Waals surface area (Å²) in [5.41, 5.74) is 3.30. The molecule has 0 atom stereocenters. The molecule has 1 heterocycles. The van der Waals surface area contributed by atoms with Crippen molar-refractivity contribution in [2.45, 2.75) is 6.92 Å². The molecular formula is C7H7NOS. The summed E-state index contributed by atoms with van der Waals surface area (Å²) in [7, 11) is 0. The molecular weight excluding hydrogens is 146 g/mol. The first kappa shape index (κ1) is 7.15. The predicted molar refractivity (Wildman–Crippen MR) is 41.8 cm³/mol. The summed E-state index contributed by atoms with van der Waals surface area (Å²) in [4.78, 5) is 14.1. The number of aldehydes is 1. The maximum absolute atomic E-state index is 10.1. The SMILES string of the molecule is C/C(C=O)=C\c1cscn1. The van der Waals surface area contributed by atoms with Crippen molar-refractivity contribution in [2.75, 3.05) is 0 Å². The number of hydrogen-bond acceptors (Lipinski definition) is 3. The van der Waals surface area contributed by atoms with Crippen molar-refractivity contribution in [1.82, 2.24) is 4.98 Å². The van der Waals surface area contributed by atoms with E-state index in [1.807, 2.05) is 5.38 Å². The lowest BCUT2D eigenvalue weighted by Crippen LogP contribution is -1.76. The number of carbonyl (C=O) groups excluding carboxylic acids is 1. The molecule has 2 nitrogen and oxygen atoms in total. The zero-order valence-electron chi connectivity index (χ0n) is 5.57. The Bertz CT molecular complexity index is 238. The fraction of sp³-hybridized carbons (Fsp3) is 0.143. The number of carbonyl (C=O) groups is 1. The van der Waals surface area contributed by atoms with E-state index in [0.717, 1.165) is 12.0 Å². The summed E-state index contributed by atoms with van der Waals surface area (Å²) >= 11 is 1.52. The van der Waals surface area contributed by atoms with Gasteiger partial charge in [-0.1, -0.05) is 0 Å². The van der Waals surface area contributed by atoms with Gasteiger partial charge in [0.05, 0.1) is 11.2 Å². The third kappa shape index (κ3) is 1.77. The van der Waals surface area contributed by atoms with Crippen molar-refractivity contribution in [3.63, 3.8) is 0 Å². The molecule has 10 heavy (non-hydrogen) atoms. The highest BCUT2D eigenvalue weighted by Crippen LogP contribution is 2.04. The van der Waals surface area contributed by atoms with Crippen LogP contribution in [0.4, 0.5) is 0 Å². The van der Waals surface area contributed by atoms with E-state index >= 15 is 0 Å². The van der Waals surface area contributed by atoms with E-state index in [2.05, 4.69) is 4.98 Å². The summed E-state index contributed by atoms with van der Waals surface area (Å²) in [6, 6.07) is 0. The van der Waals surface area contributed by atoms with Crippen molar-refractivity contribution < 1.29 is 4.79 Å². The van der Waals surface area contributed by atoms with Gasteiger partial charge in [-0.05, 0) is 18.6 Å². The lowest BCUT2D eigenvalue weighted by atomic mass is 10.3. The maximum atomic E-state index is 10.1. The van der Waals surface area contributed by atoms with Crippen molar-refractivity contribution >= 4 is 23.7 Å². The van der Waals surface area contributed by atoms with Crippen LogP contribution in [-0.2, 0) is 4.79 Å². The average molecular weight is 153 g/mol. The minimum absolute atomic E-state index is 0.700. The van der Waals surface area contributed by atoms with E-state index in [0.29, 0.717) is 5.57 Å². The van der Waals surface area contributed by atoms with Crippen LogP contribution in [0.3, 0.4) is 0 Å². The van der Waals surface area contributed by atoms with Crippen LogP contribution in [0.15, 0.2) is 16.5 Å². The Morgan fingerprint density at radius 1 is 1.80 bits per heavy atom. The Hall–Kier alpha value is -0.960. The number of allylic oxidation sites excluding steroid dienone is 1. The fourth-order valence-electron chi connectivity index (χ4n) is 0.560. The molecule has 1 aromatic rings. The Kier molecular flexibility index (Phi) is 2.34. The van der Waals surface area contributed by atoms with Crippen LogP contribution in [-0.4, -0.2) is 11.3 Å². The lowest BCUT2D eigenvalue weighted by Gasteiger charge is -1.82. The molecule has 0 spiro atoms. The van der Waals surface area contributed by atoms with Gasteiger partial charge in [0, 0.05) is 5.38 Å². The largest absolute Gasteiger partial charge is 0.298 e. The molecule has 3 heteroatoms. The molecule has 0 N–H and O–H groups in total. The minimum Gasteiger partial charge on any atom is -0.298 e. The van der Waals surface area contributed by atoms with Crippen LogP contribution in [0.25, 0.3) is 6.08 Å². The van der Waals surface area contributed by atoms with E-state index < -0.39 is 0 Å².